The molecule has 11 aromatic rings. The zero-order valence-corrected chi connectivity index (χ0v) is 33.9. The zero-order chi connectivity index (χ0) is 40.7. The van der Waals surface area contributed by atoms with Crippen LogP contribution < -0.4 is 0 Å². The maximum absolute atomic E-state index is 5.39. The minimum atomic E-state index is -0.209. The van der Waals surface area contributed by atoms with Crippen LogP contribution in [0.5, 0.6) is 0 Å². The molecule has 3 heterocycles. The second-order valence-corrected chi connectivity index (χ2v) is 16.7. The van der Waals surface area contributed by atoms with Gasteiger partial charge in [0.1, 0.15) is 0 Å². The van der Waals surface area contributed by atoms with Gasteiger partial charge < -0.3 is 0 Å². The molecule has 0 unspecified atom stereocenters. The number of hydrogen-bond donors (Lipinski definition) is 0. The minimum Gasteiger partial charge on any atom is -0.247 e. The van der Waals surface area contributed by atoms with Gasteiger partial charge in [0, 0.05) is 38.3 Å². The highest BCUT2D eigenvalue weighted by molar-refractivity contribution is 6.16. The Bertz CT molecular complexity index is 3520. The Morgan fingerprint density at radius 2 is 0.951 bits per heavy atom. The Morgan fingerprint density at radius 1 is 0.377 bits per heavy atom. The molecule has 3 nitrogen and oxygen atoms in total. The third-order valence-electron chi connectivity index (χ3n) is 12.8. The largest absolute Gasteiger partial charge is 0.247 e. The van der Waals surface area contributed by atoms with Gasteiger partial charge >= 0.3 is 0 Å². The first kappa shape index (κ1) is 35.2. The van der Waals surface area contributed by atoms with Crippen molar-refractivity contribution in [2.75, 3.05) is 0 Å². The van der Waals surface area contributed by atoms with Crippen molar-refractivity contribution in [2.45, 2.75) is 19.3 Å². The molecule has 61 heavy (non-hydrogen) atoms. The van der Waals surface area contributed by atoms with Crippen LogP contribution in [0.25, 0.3) is 111 Å². The number of rotatable bonds is 5. The summed E-state index contributed by atoms with van der Waals surface area (Å²) in [7, 11) is 0. The van der Waals surface area contributed by atoms with E-state index in [0.717, 1.165) is 66.7 Å². The first-order chi connectivity index (χ1) is 30.0. The van der Waals surface area contributed by atoms with E-state index in [4.69, 9.17) is 15.0 Å². The molecule has 0 spiro atoms. The summed E-state index contributed by atoms with van der Waals surface area (Å²) in [5.41, 5.74) is 18.7. The summed E-state index contributed by atoms with van der Waals surface area (Å²) in [6.07, 6.45) is 0. The lowest BCUT2D eigenvalue weighted by atomic mass is 9.78. The van der Waals surface area contributed by atoms with Crippen LogP contribution in [0.3, 0.4) is 0 Å². The first-order valence-corrected chi connectivity index (χ1v) is 21.0. The topological polar surface area (TPSA) is 38.7 Å². The van der Waals surface area contributed by atoms with E-state index in [1.807, 2.05) is 12.1 Å². The van der Waals surface area contributed by atoms with E-state index in [2.05, 4.69) is 202 Å². The minimum absolute atomic E-state index is 0.209. The molecular formula is C58H39N3. The number of aromatic nitrogens is 3. The molecule has 3 aromatic heterocycles. The molecule has 1 aliphatic carbocycles. The van der Waals surface area contributed by atoms with Crippen LogP contribution in [0.15, 0.2) is 200 Å². The van der Waals surface area contributed by atoms with Crippen LogP contribution in [-0.4, -0.2) is 15.0 Å². The second kappa shape index (κ2) is 13.7. The molecular weight excluding hydrogens is 739 g/mol. The lowest BCUT2D eigenvalue weighted by molar-refractivity contribution is 0.662. The number of hydrogen-bond acceptors (Lipinski definition) is 3. The van der Waals surface area contributed by atoms with E-state index in [-0.39, 0.29) is 5.41 Å². The van der Waals surface area contributed by atoms with Gasteiger partial charge in [-0.15, -0.1) is 0 Å². The molecule has 0 N–H and O–H groups in total. The molecule has 286 valence electrons. The maximum Gasteiger partial charge on any atom is 0.0978 e. The monoisotopic (exact) mass is 777 g/mol. The highest BCUT2D eigenvalue weighted by Gasteiger charge is 2.39. The average molecular weight is 778 g/mol. The van der Waals surface area contributed by atoms with Crippen LogP contribution >= 0.6 is 0 Å². The number of fused-ring (bicyclic) bond motifs is 9. The van der Waals surface area contributed by atoms with Gasteiger partial charge in [-0.2, -0.15) is 0 Å². The summed E-state index contributed by atoms with van der Waals surface area (Å²) in [6, 6.07) is 71.7. The number of nitrogens with zero attached hydrogens (tertiary/aromatic N) is 3. The van der Waals surface area contributed by atoms with Gasteiger partial charge in [-0.05, 0) is 85.6 Å². The smallest absolute Gasteiger partial charge is 0.0978 e. The van der Waals surface area contributed by atoms with Crippen molar-refractivity contribution in [3.8, 4) is 67.2 Å². The molecule has 3 heteroatoms. The molecule has 8 aromatic carbocycles. The zero-order valence-electron chi connectivity index (χ0n) is 33.9. The molecule has 1 aliphatic rings. The molecule has 0 fully saturated rings. The molecule has 0 bridgehead atoms. The van der Waals surface area contributed by atoms with Crippen LogP contribution in [0.2, 0.25) is 0 Å². The predicted octanol–water partition coefficient (Wildman–Crippen LogP) is 15.1. The van der Waals surface area contributed by atoms with Crippen molar-refractivity contribution in [1.29, 1.82) is 0 Å². The Labute approximate surface area is 354 Å². The summed E-state index contributed by atoms with van der Waals surface area (Å²) in [5, 5.41) is 5.82. The van der Waals surface area contributed by atoms with Crippen molar-refractivity contribution >= 4 is 43.5 Å². The Kier molecular flexibility index (Phi) is 7.88. The fourth-order valence-corrected chi connectivity index (χ4v) is 9.81. The lowest BCUT2D eigenvalue weighted by Gasteiger charge is -2.25. The van der Waals surface area contributed by atoms with Crippen molar-refractivity contribution < 1.29 is 0 Å². The van der Waals surface area contributed by atoms with E-state index in [9.17, 15) is 0 Å². The van der Waals surface area contributed by atoms with E-state index in [0.29, 0.717) is 0 Å². The lowest BCUT2D eigenvalue weighted by Crippen LogP contribution is -2.16. The summed E-state index contributed by atoms with van der Waals surface area (Å²) in [4.78, 5) is 15.9. The summed E-state index contributed by atoms with van der Waals surface area (Å²) >= 11 is 0. The van der Waals surface area contributed by atoms with Gasteiger partial charge in [0.05, 0.1) is 33.6 Å². The SMILES string of the molecule is CC1(C)c2ccccc2-c2nc3ccc4ccccc4c3c(-c3ccc(-c4ccc(-c5cc6ccc(-c7ccccc7)nc6c6nc(-c7ccccc7)ccc56)cc4)cc3)c21. The fraction of sp³-hybridized carbons (Fsp3) is 0.0517. The summed E-state index contributed by atoms with van der Waals surface area (Å²) in [6.45, 7) is 4.70. The fourth-order valence-electron chi connectivity index (χ4n) is 9.81. The summed E-state index contributed by atoms with van der Waals surface area (Å²) in [5.74, 6) is 0. The number of benzene rings is 8. The van der Waals surface area contributed by atoms with Gasteiger partial charge in [-0.25, -0.2) is 15.0 Å². The van der Waals surface area contributed by atoms with E-state index >= 15 is 0 Å². The quantitative estimate of drug-likeness (QED) is 0.163. The van der Waals surface area contributed by atoms with Gasteiger partial charge in [-0.1, -0.05) is 184 Å². The summed E-state index contributed by atoms with van der Waals surface area (Å²) < 4.78 is 0. The van der Waals surface area contributed by atoms with Crippen molar-refractivity contribution in [3.63, 3.8) is 0 Å². The van der Waals surface area contributed by atoms with Crippen LogP contribution in [0.1, 0.15) is 25.0 Å². The highest BCUT2D eigenvalue weighted by atomic mass is 14.8. The standard InChI is InChI=1S/C58H39N3/c1-58(2)48-20-12-11-19-46(48)56-54(58)52(53-44-18-10-9-13-38(44)29-33-51(53)61-56)42-27-23-37(24-28-42)36-21-25-39(26-22-36)47-35-43-30-32-49(40-14-5-3-6-15-40)59-55(43)57-45(47)31-34-50(60-57)41-16-7-4-8-17-41/h3-35H,1-2H3. The van der Waals surface area contributed by atoms with Crippen molar-refractivity contribution in [2.24, 2.45) is 0 Å². The number of pyridine rings is 3. The molecule has 0 saturated heterocycles. The molecule has 0 atom stereocenters. The van der Waals surface area contributed by atoms with Gasteiger partial charge in [0.25, 0.3) is 0 Å². The van der Waals surface area contributed by atoms with Gasteiger partial charge in [0.15, 0.2) is 0 Å². The van der Waals surface area contributed by atoms with E-state index in [1.165, 1.54) is 55.1 Å². The van der Waals surface area contributed by atoms with E-state index in [1.54, 1.807) is 0 Å². The Morgan fingerprint density at radius 3 is 1.67 bits per heavy atom. The van der Waals surface area contributed by atoms with Crippen molar-refractivity contribution in [1.82, 2.24) is 15.0 Å². The maximum atomic E-state index is 5.39. The normalized spacial score (nSPS) is 12.9. The second-order valence-electron chi connectivity index (χ2n) is 16.7. The van der Waals surface area contributed by atoms with Gasteiger partial charge in [0.2, 0.25) is 0 Å². The van der Waals surface area contributed by atoms with Crippen LogP contribution in [0.4, 0.5) is 0 Å². The third kappa shape index (κ3) is 5.62. The molecule has 0 amide bonds. The van der Waals surface area contributed by atoms with Gasteiger partial charge in [-0.3, -0.25) is 0 Å². The Balaban J connectivity index is 0.963. The van der Waals surface area contributed by atoms with E-state index < -0.39 is 0 Å². The first-order valence-electron chi connectivity index (χ1n) is 21.0. The van der Waals surface area contributed by atoms with Crippen LogP contribution in [0, 0.1) is 0 Å². The van der Waals surface area contributed by atoms with Crippen LogP contribution in [-0.2, 0) is 5.41 Å². The Hall–Kier alpha value is -7.75. The third-order valence-corrected chi connectivity index (χ3v) is 12.8. The average Bonchev–Trinajstić information content (AvgIpc) is 3.56. The molecule has 12 rings (SSSR count). The van der Waals surface area contributed by atoms with Crippen molar-refractivity contribution in [3.05, 3.63) is 211 Å². The highest BCUT2D eigenvalue weighted by Crippen LogP contribution is 2.54. The predicted molar refractivity (Wildman–Crippen MR) is 255 cm³/mol. The molecule has 0 saturated carbocycles. The molecule has 0 aliphatic heterocycles. The molecule has 0 radical (unpaired) electrons.